The number of aryl methyl sites for hydroxylation is 1. The number of thioether (sulfide) groups is 1. The van der Waals surface area contributed by atoms with Gasteiger partial charge in [-0.3, -0.25) is 0 Å². The Balaban J connectivity index is 1.98. The highest BCUT2D eigenvalue weighted by Gasteiger charge is 2.20. The van der Waals surface area contributed by atoms with Crippen molar-refractivity contribution in [3.8, 4) is 0 Å². The van der Waals surface area contributed by atoms with E-state index in [0.717, 1.165) is 17.6 Å². The number of benzene rings is 1. The van der Waals surface area contributed by atoms with Crippen molar-refractivity contribution < 1.29 is 0 Å². The van der Waals surface area contributed by atoms with Crippen molar-refractivity contribution >= 4 is 11.8 Å². The first-order valence-electron chi connectivity index (χ1n) is 6.76. The Hall–Kier alpha value is -0.470. The lowest BCUT2D eigenvalue weighted by Gasteiger charge is -2.20. The molecule has 0 radical (unpaired) electrons. The molecule has 0 aliphatic carbocycles. The van der Waals surface area contributed by atoms with Crippen LogP contribution >= 0.6 is 11.8 Å². The summed E-state index contributed by atoms with van der Waals surface area (Å²) in [6.07, 6.45) is 3.79. The normalized spacial score (nSPS) is 25.5. The molecule has 1 heterocycles. The van der Waals surface area contributed by atoms with E-state index < -0.39 is 0 Å². The van der Waals surface area contributed by atoms with Gasteiger partial charge in [-0.05, 0) is 56.0 Å². The first kappa shape index (κ1) is 13.0. The summed E-state index contributed by atoms with van der Waals surface area (Å²) in [4.78, 5) is 1.43. The van der Waals surface area contributed by atoms with Gasteiger partial charge in [-0.15, -0.1) is 11.8 Å². The van der Waals surface area contributed by atoms with Crippen molar-refractivity contribution in [2.24, 2.45) is 5.92 Å². The van der Waals surface area contributed by atoms with Crippen LogP contribution in [0.5, 0.6) is 0 Å². The maximum atomic E-state index is 3.52. The molecule has 2 unspecified atom stereocenters. The van der Waals surface area contributed by atoms with Gasteiger partial charge in [0.25, 0.3) is 0 Å². The van der Waals surface area contributed by atoms with Gasteiger partial charge in [0, 0.05) is 10.1 Å². The molecule has 1 aromatic carbocycles. The van der Waals surface area contributed by atoms with E-state index in [1.165, 1.54) is 36.4 Å². The lowest BCUT2D eigenvalue weighted by atomic mass is 10.1. The van der Waals surface area contributed by atoms with Crippen molar-refractivity contribution in [1.29, 1.82) is 0 Å². The minimum atomic E-state index is 0.772. The summed E-state index contributed by atoms with van der Waals surface area (Å²) in [5, 5.41) is 4.29. The van der Waals surface area contributed by atoms with Crippen molar-refractivity contribution in [1.82, 2.24) is 5.32 Å². The second-order valence-electron chi connectivity index (χ2n) is 4.98. The SMILES string of the molecule is CCc1ccc(SC2CCCNCC2C)cc1. The van der Waals surface area contributed by atoms with Crippen LogP contribution in [0.25, 0.3) is 0 Å². The number of rotatable bonds is 3. The third kappa shape index (κ3) is 3.75. The van der Waals surface area contributed by atoms with E-state index in [4.69, 9.17) is 0 Å². The van der Waals surface area contributed by atoms with Gasteiger partial charge in [0.05, 0.1) is 0 Å². The Bertz CT molecular complexity index is 333. The molecule has 1 aliphatic rings. The first-order chi connectivity index (χ1) is 8.29. The molecule has 17 heavy (non-hydrogen) atoms. The Morgan fingerprint density at radius 3 is 2.76 bits per heavy atom. The van der Waals surface area contributed by atoms with Crippen LogP contribution in [0.3, 0.4) is 0 Å². The molecular formula is C15H23NS. The highest BCUT2D eigenvalue weighted by molar-refractivity contribution is 8.00. The number of hydrogen-bond acceptors (Lipinski definition) is 2. The van der Waals surface area contributed by atoms with Crippen LogP contribution in [0.15, 0.2) is 29.2 Å². The number of hydrogen-bond donors (Lipinski definition) is 1. The van der Waals surface area contributed by atoms with Crippen LogP contribution in [0.4, 0.5) is 0 Å². The van der Waals surface area contributed by atoms with Crippen molar-refractivity contribution in [2.45, 2.75) is 43.3 Å². The van der Waals surface area contributed by atoms with E-state index in [9.17, 15) is 0 Å². The Morgan fingerprint density at radius 1 is 1.29 bits per heavy atom. The molecule has 0 aromatic heterocycles. The van der Waals surface area contributed by atoms with E-state index in [2.05, 4.69) is 55.2 Å². The number of nitrogens with one attached hydrogen (secondary N) is 1. The maximum absolute atomic E-state index is 3.52. The Kier molecular flexibility index (Phi) is 4.93. The van der Waals surface area contributed by atoms with Gasteiger partial charge >= 0.3 is 0 Å². The topological polar surface area (TPSA) is 12.0 Å². The summed E-state index contributed by atoms with van der Waals surface area (Å²) in [5.74, 6) is 0.772. The fraction of sp³-hybridized carbons (Fsp3) is 0.600. The molecule has 1 aliphatic heterocycles. The van der Waals surface area contributed by atoms with Gasteiger partial charge in [0.1, 0.15) is 0 Å². The lowest BCUT2D eigenvalue weighted by molar-refractivity contribution is 0.538. The minimum absolute atomic E-state index is 0.772. The van der Waals surface area contributed by atoms with Crippen LogP contribution in [-0.4, -0.2) is 18.3 Å². The van der Waals surface area contributed by atoms with Crippen LogP contribution < -0.4 is 5.32 Å². The van der Waals surface area contributed by atoms with Crippen LogP contribution in [0, 0.1) is 5.92 Å². The molecule has 2 heteroatoms. The average Bonchev–Trinajstić information content (AvgIpc) is 2.56. The third-order valence-corrected chi connectivity index (χ3v) is 5.11. The van der Waals surface area contributed by atoms with Gasteiger partial charge in [-0.1, -0.05) is 26.0 Å². The maximum Gasteiger partial charge on any atom is 0.0133 e. The predicted molar refractivity (Wildman–Crippen MR) is 76.7 cm³/mol. The molecular weight excluding hydrogens is 226 g/mol. The Morgan fingerprint density at radius 2 is 2.06 bits per heavy atom. The molecule has 1 aromatic rings. The zero-order valence-corrected chi connectivity index (χ0v) is 11.7. The molecule has 0 spiro atoms. The van der Waals surface area contributed by atoms with Crippen LogP contribution in [-0.2, 0) is 6.42 Å². The monoisotopic (exact) mass is 249 g/mol. The van der Waals surface area contributed by atoms with Gasteiger partial charge in [-0.25, -0.2) is 0 Å². The van der Waals surface area contributed by atoms with E-state index >= 15 is 0 Å². The van der Waals surface area contributed by atoms with E-state index in [1.54, 1.807) is 0 Å². The minimum Gasteiger partial charge on any atom is -0.316 e. The second kappa shape index (κ2) is 6.46. The van der Waals surface area contributed by atoms with Gasteiger partial charge < -0.3 is 5.32 Å². The zero-order valence-electron chi connectivity index (χ0n) is 10.9. The second-order valence-corrected chi connectivity index (χ2v) is 6.29. The quantitative estimate of drug-likeness (QED) is 0.876. The fourth-order valence-corrected chi connectivity index (χ4v) is 3.58. The van der Waals surface area contributed by atoms with Gasteiger partial charge in [0.2, 0.25) is 0 Å². The largest absolute Gasteiger partial charge is 0.316 e. The van der Waals surface area contributed by atoms with Crippen molar-refractivity contribution in [2.75, 3.05) is 13.1 Å². The Labute approximate surface area is 109 Å². The van der Waals surface area contributed by atoms with Gasteiger partial charge in [0.15, 0.2) is 0 Å². The zero-order chi connectivity index (χ0) is 12.1. The van der Waals surface area contributed by atoms with E-state index in [-0.39, 0.29) is 0 Å². The molecule has 1 fully saturated rings. The molecule has 0 saturated carbocycles. The van der Waals surface area contributed by atoms with E-state index in [0.29, 0.717) is 0 Å². The molecule has 2 rings (SSSR count). The summed E-state index contributed by atoms with van der Waals surface area (Å²) >= 11 is 2.07. The average molecular weight is 249 g/mol. The highest BCUT2D eigenvalue weighted by Crippen LogP contribution is 2.32. The summed E-state index contributed by atoms with van der Waals surface area (Å²) in [6, 6.07) is 9.10. The molecule has 1 saturated heterocycles. The van der Waals surface area contributed by atoms with E-state index in [1.807, 2.05) is 0 Å². The molecule has 1 nitrogen and oxygen atoms in total. The smallest absolute Gasteiger partial charge is 0.0133 e. The molecule has 2 atom stereocenters. The molecule has 0 amide bonds. The standard InChI is InChI=1S/C15H23NS/c1-3-13-6-8-14(9-7-13)17-15-5-4-10-16-11-12(15)2/h6-9,12,15-16H,3-5,10-11H2,1-2H3. The van der Waals surface area contributed by atoms with Crippen molar-refractivity contribution in [3.63, 3.8) is 0 Å². The third-order valence-electron chi connectivity index (χ3n) is 3.56. The predicted octanol–water partition coefficient (Wildman–Crippen LogP) is 3.73. The van der Waals surface area contributed by atoms with Crippen LogP contribution in [0.1, 0.15) is 32.3 Å². The fourth-order valence-electron chi connectivity index (χ4n) is 2.33. The summed E-state index contributed by atoms with van der Waals surface area (Å²) in [5.41, 5.74) is 1.44. The summed E-state index contributed by atoms with van der Waals surface area (Å²) < 4.78 is 0. The first-order valence-corrected chi connectivity index (χ1v) is 7.64. The molecule has 94 valence electrons. The van der Waals surface area contributed by atoms with Crippen molar-refractivity contribution in [3.05, 3.63) is 29.8 Å². The lowest BCUT2D eigenvalue weighted by Crippen LogP contribution is -2.23. The van der Waals surface area contributed by atoms with Crippen LogP contribution in [0.2, 0.25) is 0 Å². The summed E-state index contributed by atoms with van der Waals surface area (Å²) in [6.45, 7) is 6.94. The van der Waals surface area contributed by atoms with Gasteiger partial charge in [-0.2, -0.15) is 0 Å². The molecule has 1 N–H and O–H groups in total. The highest BCUT2D eigenvalue weighted by atomic mass is 32.2. The summed E-state index contributed by atoms with van der Waals surface area (Å²) in [7, 11) is 0. The molecule has 0 bridgehead atoms.